The lowest BCUT2D eigenvalue weighted by atomic mass is 9.84. The molecule has 2 amide bonds. The third kappa shape index (κ3) is 2.11. The topological polar surface area (TPSA) is 80.1 Å². The zero-order valence-corrected chi connectivity index (χ0v) is 12.9. The maximum atomic E-state index is 12.8. The second-order valence-electron chi connectivity index (χ2n) is 6.78. The number of hydrogen-bond acceptors (Lipinski definition) is 4. The normalized spacial score (nSPS) is 28.7. The van der Waals surface area contributed by atoms with Gasteiger partial charge in [-0.2, -0.15) is 0 Å². The summed E-state index contributed by atoms with van der Waals surface area (Å²) >= 11 is 0. The molecule has 2 aliphatic rings. The summed E-state index contributed by atoms with van der Waals surface area (Å²) < 4.78 is 1.60. The fraction of sp³-hybridized carbons (Fsp3) is 0.714. The SMILES string of the molecule is Cn1cc(CN2C(=O)C(C)(C)NC(=O)C2(C)C2CC2)nn1. The Morgan fingerprint density at radius 1 is 1.33 bits per heavy atom. The van der Waals surface area contributed by atoms with Crippen LogP contribution in [0.25, 0.3) is 0 Å². The quantitative estimate of drug-likeness (QED) is 0.864. The van der Waals surface area contributed by atoms with Crippen molar-refractivity contribution in [3.8, 4) is 0 Å². The predicted molar refractivity (Wildman–Crippen MR) is 74.9 cm³/mol. The molecule has 1 saturated carbocycles. The number of carbonyl (C=O) groups excluding carboxylic acids is 2. The van der Waals surface area contributed by atoms with Crippen molar-refractivity contribution in [2.75, 3.05) is 0 Å². The van der Waals surface area contributed by atoms with E-state index in [1.807, 2.05) is 6.92 Å². The summed E-state index contributed by atoms with van der Waals surface area (Å²) in [6, 6.07) is 0. The second kappa shape index (κ2) is 4.29. The van der Waals surface area contributed by atoms with Gasteiger partial charge in [0.2, 0.25) is 11.8 Å². The van der Waals surface area contributed by atoms with Crippen LogP contribution in [0.4, 0.5) is 0 Å². The number of piperazine rings is 1. The summed E-state index contributed by atoms with van der Waals surface area (Å²) in [7, 11) is 1.78. The van der Waals surface area contributed by atoms with E-state index in [0.717, 1.165) is 12.8 Å². The third-order valence-corrected chi connectivity index (χ3v) is 4.57. The largest absolute Gasteiger partial charge is 0.340 e. The molecule has 1 aromatic rings. The zero-order chi connectivity index (χ0) is 15.4. The molecule has 21 heavy (non-hydrogen) atoms. The minimum absolute atomic E-state index is 0.0675. The lowest BCUT2D eigenvalue weighted by Gasteiger charge is -2.49. The van der Waals surface area contributed by atoms with E-state index in [2.05, 4.69) is 15.6 Å². The van der Waals surface area contributed by atoms with Crippen LogP contribution in [0, 0.1) is 5.92 Å². The molecule has 1 aliphatic heterocycles. The van der Waals surface area contributed by atoms with Gasteiger partial charge in [0.05, 0.1) is 6.54 Å². The van der Waals surface area contributed by atoms with Gasteiger partial charge in [-0.05, 0) is 39.5 Å². The van der Waals surface area contributed by atoms with E-state index in [1.54, 1.807) is 36.7 Å². The predicted octanol–water partition coefficient (Wildman–Crippen LogP) is 0.221. The molecule has 1 N–H and O–H groups in total. The highest BCUT2D eigenvalue weighted by Gasteiger charge is 2.59. The number of carbonyl (C=O) groups is 2. The Bertz CT molecular complexity index is 604. The Labute approximate surface area is 123 Å². The smallest absolute Gasteiger partial charge is 0.249 e. The van der Waals surface area contributed by atoms with E-state index in [4.69, 9.17) is 0 Å². The van der Waals surface area contributed by atoms with Crippen molar-refractivity contribution < 1.29 is 9.59 Å². The van der Waals surface area contributed by atoms with Gasteiger partial charge in [0.15, 0.2) is 0 Å². The molecule has 1 atom stereocenters. The molecule has 0 aromatic carbocycles. The van der Waals surface area contributed by atoms with Crippen molar-refractivity contribution in [2.45, 2.75) is 51.2 Å². The number of rotatable bonds is 3. The number of nitrogens with zero attached hydrogens (tertiary/aromatic N) is 4. The van der Waals surface area contributed by atoms with Crippen molar-refractivity contribution in [3.05, 3.63) is 11.9 Å². The summed E-state index contributed by atoms with van der Waals surface area (Å²) in [5, 5.41) is 10.8. The van der Waals surface area contributed by atoms with Crippen molar-refractivity contribution in [1.82, 2.24) is 25.2 Å². The van der Waals surface area contributed by atoms with Gasteiger partial charge >= 0.3 is 0 Å². The van der Waals surface area contributed by atoms with Crippen LogP contribution in [0.1, 0.15) is 39.3 Å². The average Bonchev–Trinajstić information content (AvgIpc) is 3.17. The van der Waals surface area contributed by atoms with Crippen molar-refractivity contribution in [1.29, 1.82) is 0 Å². The Balaban J connectivity index is 1.97. The summed E-state index contributed by atoms with van der Waals surface area (Å²) in [6.07, 6.45) is 3.74. The lowest BCUT2D eigenvalue weighted by molar-refractivity contribution is -0.163. The monoisotopic (exact) mass is 291 g/mol. The van der Waals surface area contributed by atoms with Crippen LogP contribution in [0.15, 0.2) is 6.20 Å². The van der Waals surface area contributed by atoms with Gasteiger partial charge in [-0.25, -0.2) is 0 Å². The summed E-state index contributed by atoms with van der Waals surface area (Å²) in [5.41, 5.74) is -0.971. The fourth-order valence-corrected chi connectivity index (χ4v) is 3.05. The van der Waals surface area contributed by atoms with Gasteiger partial charge in [0.1, 0.15) is 16.8 Å². The highest BCUT2D eigenvalue weighted by molar-refractivity contribution is 6.02. The van der Waals surface area contributed by atoms with E-state index < -0.39 is 11.1 Å². The summed E-state index contributed by atoms with van der Waals surface area (Å²) in [6.45, 7) is 5.66. The minimum Gasteiger partial charge on any atom is -0.340 e. The van der Waals surface area contributed by atoms with Crippen LogP contribution in [-0.2, 0) is 23.2 Å². The molecule has 114 valence electrons. The second-order valence-corrected chi connectivity index (χ2v) is 6.78. The Morgan fingerprint density at radius 3 is 2.52 bits per heavy atom. The van der Waals surface area contributed by atoms with Gasteiger partial charge in [-0.15, -0.1) is 5.10 Å². The highest BCUT2D eigenvalue weighted by atomic mass is 16.2. The molecular formula is C14H21N5O2. The molecule has 2 heterocycles. The molecule has 1 unspecified atom stereocenters. The fourth-order valence-electron chi connectivity index (χ4n) is 3.05. The lowest BCUT2D eigenvalue weighted by Crippen LogP contribution is -2.73. The van der Waals surface area contributed by atoms with Crippen molar-refractivity contribution in [3.63, 3.8) is 0 Å². The van der Waals surface area contributed by atoms with Gasteiger partial charge in [-0.3, -0.25) is 14.3 Å². The van der Waals surface area contributed by atoms with Crippen molar-refractivity contribution >= 4 is 11.8 Å². The molecule has 7 nitrogen and oxygen atoms in total. The van der Waals surface area contributed by atoms with E-state index in [1.165, 1.54) is 0 Å². The Kier molecular flexibility index (Phi) is 2.86. The van der Waals surface area contributed by atoms with Gasteiger partial charge in [0, 0.05) is 13.2 Å². The van der Waals surface area contributed by atoms with Crippen LogP contribution in [-0.4, -0.2) is 42.8 Å². The highest BCUT2D eigenvalue weighted by Crippen LogP contribution is 2.46. The zero-order valence-electron chi connectivity index (χ0n) is 12.9. The van der Waals surface area contributed by atoms with Crippen LogP contribution in [0.5, 0.6) is 0 Å². The first-order chi connectivity index (χ1) is 9.75. The van der Waals surface area contributed by atoms with E-state index >= 15 is 0 Å². The molecule has 3 rings (SSSR count). The molecule has 0 bridgehead atoms. The maximum Gasteiger partial charge on any atom is 0.249 e. The molecule has 7 heteroatoms. The number of aromatic nitrogens is 3. The molecule has 0 radical (unpaired) electrons. The average molecular weight is 291 g/mol. The molecular weight excluding hydrogens is 270 g/mol. The number of hydrogen-bond donors (Lipinski definition) is 1. The van der Waals surface area contributed by atoms with Gasteiger partial charge < -0.3 is 10.2 Å². The van der Waals surface area contributed by atoms with Crippen LogP contribution < -0.4 is 5.32 Å². The maximum absolute atomic E-state index is 12.8. The van der Waals surface area contributed by atoms with E-state index in [-0.39, 0.29) is 17.7 Å². The van der Waals surface area contributed by atoms with E-state index in [0.29, 0.717) is 12.2 Å². The number of nitrogens with one attached hydrogen (secondary N) is 1. The van der Waals surface area contributed by atoms with Gasteiger partial charge in [0.25, 0.3) is 0 Å². The third-order valence-electron chi connectivity index (χ3n) is 4.57. The molecule has 2 fully saturated rings. The first-order valence-corrected chi connectivity index (χ1v) is 7.25. The first-order valence-electron chi connectivity index (χ1n) is 7.25. The van der Waals surface area contributed by atoms with Crippen LogP contribution >= 0.6 is 0 Å². The number of amides is 2. The first kappa shape index (κ1) is 14.0. The van der Waals surface area contributed by atoms with Crippen LogP contribution in [0.2, 0.25) is 0 Å². The standard InChI is InChI=1S/C14H21N5O2/c1-13(2)12(21)19(8-10-7-18(4)17-16-10)14(3,9-5-6-9)11(20)15-13/h7,9H,5-6,8H2,1-4H3,(H,15,20). The van der Waals surface area contributed by atoms with E-state index in [9.17, 15) is 9.59 Å². The Morgan fingerprint density at radius 2 is 2.00 bits per heavy atom. The molecule has 1 aromatic heterocycles. The summed E-state index contributed by atoms with van der Waals surface area (Å²) in [4.78, 5) is 27.1. The van der Waals surface area contributed by atoms with Crippen molar-refractivity contribution in [2.24, 2.45) is 13.0 Å². The molecule has 1 saturated heterocycles. The Hall–Kier alpha value is -1.92. The van der Waals surface area contributed by atoms with Crippen LogP contribution in [0.3, 0.4) is 0 Å². The summed E-state index contributed by atoms with van der Waals surface area (Å²) in [5.74, 6) is 0.0925. The van der Waals surface area contributed by atoms with Gasteiger partial charge in [-0.1, -0.05) is 5.21 Å². The minimum atomic E-state index is -0.881. The molecule has 1 aliphatic carbocycles. The number of aryl methyl sites for hydroxylation is 1. The molecule has 0 spiro atoms.